The van der Waals surface area contributed by atoms with Crippen LogP contribution in [0.2, 0.25) is 0 Å². The molecule has 0 heterocycles. The maximum Gasteiger partial charge on any atom is 0.0855 e. The molecule has 1 aliphatic rings. The molecule has 0 aliphatic heterocycles. The van der Waals surface area contributed by atoms with Gasteiger partial charge in [-0.15, -0.1) is 6.58 Å². The molecule has 1 saturated carbocycles. The quantitative estimate of drug-likeness (QED) is 0.772. The molecular formula is C16H22O. The predicted molar refractivity (Wildman–Crippen MR) is 71.7 cm³/mol. The van der Waals surface area contributed by atoms with E-state index >= 15 is 0 Å². The van der Waals surface area contributed by atoms with Crippen molar-refractivity contribution in [1.82, 2.24) is 0 Å². The lowest BCUT2D eigenvalue weighted by atomic mass is 9.76. The number of hydrogen-bond donors (Lipinski definition) is 1. The van der Waals surface area contributed by atoms with E-state index in [9.17, 15) is 5.11 Å². The highest BCUT2D eigenvalue weighted by Gasteiger charge is 2.27. The second kappa shape index (κ2) is 6.02. The van der Waals surface area contributed by atoms with Crippen LogP contribution >= 0.6 is 0 Å². The van der Waals surface area contributed by atoms with Gasteiger partial charge in [0.05, 0.1) is 6.10 Å². The van der Waals surface area contributed by atoms with Gasteiger partial charge in [0.15, 0.2) is 0 Å². The van der Waals surface area contributed by atoms with Crippen molar-refractivity contribution in [2.45, 2.75) is 38.2 Å². The monoisotopic (exact) mass is 230 g/mol. The fourth-order valence-electron chi connectivity index (χ4n) is 2.97. The summed E-state index contributed by atoms with van der Waals surface area (Å²) in [6.45, 7) is 3.92. The standard InChI is InChI=1S/C16H22O/c1-2-15(13-9-5-3-6-10-13)16(17)14-11-7-4-8-12-14/h2,4,7-8,11-13,15-17H,1,3,5-6,9-10H2/t15-,16+/m0/s1. The Morgan fingerprint density at radius 1 is 1.12 bits per heavy atom. The molecule has 17 heavy (non-hydrogen) atoms. The van der Waals surface area contributed by atoms with Crippen LogP contribution in [-0.2, 0) is 0 Å². The lowest BCUT2D eigenvalue weighted by Gasteiger charge is -2.31. The molecule has 1 aromatic carbocycles. The SMILES string of the molecule is C=C[C@@H](C1CCCCC1)[C@H](O)c1ccccc1. The van der Waals surface area contributed by atoms with E-state index in [1.54, 1.807) is 0 Å². The van der Waals surface area contributed by atoms with Crippen molar-refractivity contribution < 1.29 is 5.11 Å². The highest BCUT2D eigenvalue weighted by atomic mass is 16.3. The smallest absolute Gasteiger partial charge is 0.0855 e. The first-order valence-corrected chi connectivity index (χ1v) is 6.68. The van der Waals surface area contributed by atoms with E-state index in [1.807, 2.05) is 36.4 Å². The topological polar surface area (TPSA) is 20.2 Å². The molecule has 0 saturated heterocycles. The Morgan fingerprint density at radius 2 is 1.76 bits per heavy atom. The zero-order valence-corrected chi connectivity index (χ0v) is 10.4. The van der Waals surface area contributed by atoms with Gasteiger partial charge >= 0.3 is 0 Å². The summed E-state index contributed by atoms with van der Waals surface area (Å²) < 4.78 is 0. The number of rotatable bonds is 4. The van der Waals surface area contributed by atoms with Gasteiger partial charge in [-0.1, -0.05) is 55.7 Å². The van der Waals surface area contributed by atoms with Crippen molar-refractivity contribution in [3.05, 3.63) is 48.6 Å². The summed E-state index contributed by atoms with van der Waals surface area (Å²) in [5, 5.41) is 10.5. The van der Waals surface area contributed by atoms with E-state index in [4.69, 9.17) is 0 Å². The van der Waals surface area contributed by atoms with E-state index in [1.165, 1.54) is 32.1 Å². The third-order valence-electron chi connectivity index (χ3n) is 3.97. The molecule has 0 spiro atoms. The Morgan fingerprint density at radius 3 is 2.35 bits per heavy atom. The second-order valence-electron chi connectivity index (χ2n) is 5.07. The van der Waals surface area contributed by atoms with Crippen molar-refractivity contribution in [2.75, 3.05) is 0 Å². The van der Waals surface area contributed by atoms with Crippen LogP contribution in [0.3, 0.4) is 0 Å². The van der Waals surface area contributed by atoms with Crippen LogP contribution in [0.1, 0.15) is 43.8 Å². The van der Waals surface area contributed by atoms with Crippen molar-refractivity contribution in [3.63, 3.8) is 0 Å². The summed E-state index contributed by atoms with van der Waals surface area (Å²) in [5.74, 6) is 0.814. The first-order valence-electron chi connectivity index (χ1n) is 6.68. The maximum absolute atomic E-state index is 10.5. The van der Waals surface area contributed by atoms with Crippen LogP contribution in [0.15, 0.2) is 43.0 Å². The average Bonchev–Trinajstić information content (AvgIpc) is 2.42. The molecular weight excluding hydrogens is 208 g/mol. The Hall–Kier alpha value is -1.08. The third-order valence-corrected chi connectivity index (χ3v) is 3.97. The van der Waals surface area contributed by atoms with E-state index in [-0.39, 0.29) is 5.92 Å². The molecule has 1 nitrogen and oxygen atoms in total. The molecule has 1 aromatic rings. The Labute approximate surface area is 104 Å². The highest BCUT2D eigenvalue weighted by molar-refractivity contribution is 5.19. The normalized spacial score (nSPS) is 20.8. The number of aliphatic hydroxyl groups excluding tert-OH is 1. The van der Waals surface area contributed by atoms with E-state index in [0.717, 1.165) is 5.56 Å². The summed E-state index contributed by atoms with van der Waals surface area (Å²) in [6.07, 6.45) is 7.99. The van der Waals surface area contributed by atoms with Crippen molar-refractivity contribution >= 4 is 0 Å². The van der Waals surface area contributed by atoms with Crippen LogP contribution in [-0.4, -0.2) is 5.11 Å². The third kappa shape index (κ3) is 2.98. The van der Waals surface area contributed by atoms with E-state index < -0.39 is 6.10 Å². The molecule has 2 atom stereocenters. The molecule has 1 heteroatoms. The minimum atomic E-state index is -0.392. The highest BCUT2D eigenvalue weighted by Crippen LogP contribution is 2.37. The Kier molecular flexibility index (Phi) is 4.38. The second-order valence-corrected chi connectivity index (χ2v) is 5.07. The first-order chi connectivity index (χ1) is 8.33. The van der Waals surface area contributed by atoms with Gasteiger partial charge in [-0.2, -0.15) is 0 Å². The van der Waals surface area contributed by atoms with Crippen LogP contribution in [0.4, 0.5) is 0 Å². The fourth-order valence-corrected chi connectivity index (χ4v) is 2.97. The number of hydrogen-bond acceptors (Lipinski definition) is 1. The molecule has 0 radical (unpaired) electrons. The summed E-state index contributed by atoms with van der Waals surface area (Å²) >= 11 is 0. The van der Waals surface area contributed by atoms with Crippen LogP contribution in [0, 0.1) is 11.8 Å². The average molecular weight is 230 g/mol. The molecule has 1 fully saturated rings. The summed E-state index contributed by atoms with van der Waals surface area (Å²) in [6, 6.07) is 9.97. The number of benzene rings is 1. The molecule has 92 valence electrons. The van der Waals surface area contributed by atoms with Crippen molar-refractivity contribution in [2.24, 2.45) is 11.8 Å². The van der Waals surface area contributed by atoms with Gasteiger partial charge in [0.1, 0.15) is 0 Å². The minimum Gasteiger partial charge on any atom is -0.388 e. The van der Waals surface area contributed by atoms with Gasteiger partial charge in [-0.25, -0.2) is 0 Å². The van der Waals surface area contributed by atoms with Gasteiger partial charge in [0.25, 0.3) is 0 Å². The van der Waals surface area contributed by atoms with Gasteiger partial charge in [-0.05, 0) is 24.3 Å². The van der Waals surface area contributed by atoms with Crippen LogP contribution < -0.4 is 0 Å². The van der Waals surface area contributed by atoms with Crippen molar-refractivity contribution in [3.8, 4) is 0 Å². The molecule has 0 aromatic heterocycles. The predicted octanol–water partition coefficient (Wildman–Crippen LogP) is 4.10. The minimum absolute atomic E-state index is 0.206. The molecule has 0 unspecified atom stereocenters. The van der Waals surface area contributed by atoms with Crippen LogP contribution in [0.25, 0.3) is 0 Å². The van der Waals surface area contributed by atoms with Gasteiger partial charge in [-0.3, -0.25) is 0 Å². The molecule has 2 rings (SSSR count). The number of aliphatic hydroxyl groups is 1. The molecule has 0 amide bonds. The molecule has 0 bridgehead atoms. The van der Waals surface area contributed by atoms with Gasteiger partial charge in [0, 0.05) is 5.92 Å². The van der Waals surface area contributed by atoms with Crippen LogP contribution in [0.5, 0.6) is 0 Å². The van der Waals surface area contributed by atoms with E-state index in [2.05, 4.69) is 6.58 Å². The summed E-state index contributed by atoms with van der Waals surface area (Å²) in [7, 11) is 0. The zero-order chi connectivity index (χ0) is 12.1. The largest absolute Gasteiger partial charge is 0.388 e. The lowest BCUT2D eigenvalue weighted by Crippen LogP contribution is -2.22. The van der Waals surface area contributed by atoms with E-state index in [0.29, 0.717) is 5.92 Å². The lowest BCUT2D eigenvalue weighted by molar-refractivity contribution is 0.0850. The van der Waals surface area contributed by atoms with Gasteiger partial charge < -0.3 is 5.11 Å². The van der Waals surface area contributed by atoms with Gasteiger partial charge in [0.2, 0.25) is 0 Å². The summed E-state index contributed by atoms with van der Waals surface area (Å²) in [5.41, 5.74) is 1.02. The fraction of sp³-hybridized carbons (Fsp3) is 0.500. The molecule has 1 N–H and O–H groups in total. The van der Waals surface area contributed by atoms with Crippen molar-refractivity contribution in [1.29, 1.82) is 0 Å². The Bertz CT molecular complexity index is 338. The maximum atomic E-state index is 10.5. The zero-order valence-electron chi connectivity index (χ0n) is 10.4. The first kappa shape index (κ1) is 12.4. The molecule has 1 aliphatic carbocycles. The summed E-state index contributed by atoms with van der Waals surface area (Å²) in [4.78, 5) is 0. The Balaban J connectivity index is 2.09.